The molecule has 3 heteroatoms. The van der Waals surface area contributed by atoms with Crippen LogP contribution in [-0.2, 0) is 4.79 Å². The molecule has 2 fully saturated rings. The Hall–Kier alpha value is -1.79. The van der Waals surface area contributed by atoms with Gasteiger partial charge in [-0.1, -0.05) is 18.1 Å². The van der Waals surface area contributed by atoms with Gasteiger partial charge in [-0.15, -0.1) is 6.42 Å². The lowest BCUT2D eigenvalue weighted by atomic mass is 9.92. The van der Waals surface area contributed by atoms with Crippen molar-refractivity contribution in [2.45, 2.75) is 26.3 Å². The SMILES string of the molecule is C#Cc1cccc(C2CCN3CC(C)(C)C(=O)N23)c1. The smallest absolute Gasteiger partial charge is 0.244 e. The first-order chi connectivity index (χ1) is 9.03. The van der Waals surface area contributed by atoms with E-state index in [-0.39, 0.29) is 17.4 Å². The highest BCUT2D eigenvalue weighted by Crippen LogP contribution is 2.42. The third-order valence-electron chi connectivity index (χ3n) is 4.06. The number of rotatable bonds is 1. The van der Waals surface area contributed by atoms with Crippen molar-refractivity contribution >= 4 is 5.91 Å². The highest BCUT2D eigenvalue weighted by Gasteiger charge is 2.50. The Labute approximate surface area is 114 Å². The van der Waals surface area contributed by atoms with Gasteiger partial charge >= 0.3 is 0 Å². The number of fused-ring (bicyclic) bond motifs is 1. The van der Waals surface area contributed by atoms with Crippen LogP contribution in [0, 0.1) is 17.8 Å². The van der Waals surface area contributed by atoms with E-state index in [2.05, 4.69) is 17.0 Å². The quantitative estimate of drug-likeness (QED) is 0.717. The first-order valence-electron chi connectivity index (χ1n) is 6.68. The molecule has 98 valence electrons. The summed E-state index contributed by atoms with van der Waals surface area (Å²) >= 11 is 0. The number of carbonyl (C=O) groups excluding carboxylic acids is 1. The molecule has 0 aromatic heterocycles. The van der Waals surface area contributed by atoms with Crippen molar-refractivity contribution in [3.05, 3.63) is 35.4 Å². The van der Waals surface area contributed by atoms with E-state index in [1.165, 1.54) is 0 Å². The zero-order valence-corrected chi connectivity index (χ0v) is 11.4. The van der Waals surface area contributed by atoms with E-state index < -0.39 is 0 Å². The molecule has 1 aromatic carbocycles. The van der Waals surface area contributed by atoms with Crippen LogP contribution in [-0.4, -0.2) is 29.0 Å². The van der Waals surface area contributed by atoms with Crippen molar-refractivity contribution in [2.24, 2.45) is 5.41 Å². The average molecular weight is 254 g/mol. The van der Waals surface area contributed by atoms with E-state index in [9.17, 15) is 4.79 Å². The normalized spacial score (nSPS) is 25.4. The number of nitrogens with zero attached hydrogens (tertiary/aromatic N) is 2. The van der Waals surface area contributed by atoms with Gasteiger partial charge in [0.25, 0.3) is 0 Å². The number of terminal acetylenes is 1. The van der Waals surface area contributed by atoms with Crippen LogP contribution in [0.1, 0.15) is 37.4 Å². The Bertz CT molecular complexity index is 570. The Morgan fingerprint density at radius 3 is 2.95 bits per heavy atom. The maximum Gasteiger partial charge on any atom is 0.244 e. The minimum Gasteiger partial charge on any atom is -0.273 e. The maximum atomic E-state index is 12.5. The van der Waals surface area contributed by atoms with Gasteiger partial charge in [-0.2, -0.15) is 0 Å². The van der Waals surface area contributed by atoms with Crippen molar-refractivity contribution in [3.8, 4) is 12.3 Å². The van der Waals surface area contributed by atoms with Crippen LogP contribution in [0.15, 0.2) is 24.3 Å². The summed E-state index contributed by atoms with van der Waals surface area (Å²) in [6, 6.07) is 8.12. The van der Waals surface area contributed by atoms with Crippen LogP contribution in [0.25, 0.3) is 0 Å². The molecule has 0 aliphatic carbocycles. The molecule has 0 radical (unpaired) electrons. The topological polar surface area (TPSA) is 23.6 Å². The van der Waals surface area contributed by atoms with E-state index in [1.54, 1.807) is 0 Å². The molecule has 2 saturated heterocycles. The van der Waals surface area contributed by atoms with E-state index in [4.69, 9.17) is 6.42 Å². The third-order valence-corrected chi connectivity index (χ3v) is 4.06. The van der Waals surface area contributed by atoms with Gasteiger partial charge in [-0.05, 0) is 38.0 Å². The molecule has 3 nitrogen and oxygen atoms in total. The van der Waals surface area contributed by atoms with E-state index in [0.717, 1.165) is 30.6 Å². The largest absolute Gasteiger partial charge is 0.273 e. The summed E-state index contributed by atoms with van der Waals surface area (Å²) in [6.45, 7) is 5.79. The lowest BCUT2D eigenvalue weighted by Crippen LogP contribution is -2.35. The van der Waals surface area contributed by atoms with Crippen molar-refractivity contribution in [1.29, 1.82) is 0 Å². The van der Waals surface area contributed by atoms with Gasteiger partial charge in [0.15, 0.2) is 0 Å². The van der Waals surface area contributed by atoms with Crippen molar-refractivity contribution in [1.82, 2.24) is 10.0 Å². The molecule has 2 aliphatic rings. The van der Waals surface area contributed by atoms with Crippen LogP contribution >= 0.6 is 0 Å². The first-order valence-corrected chi connectivity index (χ1v) is 6.68. The zero-order valence-electron chi connectivity index (χ0n) is 11.4. The molecule has 0 saturated carbocycles. The van der Waals surface area contributed by atoms with E-state index in [1.807, 2.05) is 37.1 Å². The Morgan fingerprint density at radius 2 is 2.21 bits per heavy atom. The number of benzene rings is 1. The number of carbonyl (C=O) groups is 1. The highest BCUT2D eigenvalue weighted by atomic mass is 16.2. The second-order valence-corrected chi connectivity index (χ2v) is 6.00. The molecule has 1 atom stereocenters. The Kier molecular flexibility index (Phi) is 2.65. The maximum absolute atomic E-state index is 12.5. The van der Waals surface area contributed by atoms with E-state index in [0.29, 0.717) is 0 Å². The molecule has 1 unspecified atom stereocenters. The summed E-state index contributed by atoms with van der Waals surface area (Å²) in [7, 11) is 0. The van der Waals surface area contributed by atoms with Gasteiger partial charge in [-0.25, -0.2) is 5.01 Å². The number of amides is 1. The Morgan fingerprint density at radius 1 is 1.42 bits per heavy atom. The fourth-order valence-electron chi connectivity index (χ4n) is 3.10. The van der Waals surface area contributed by atoms with Crippen LogP contribution in [0.5, 0.6) is 0 Å². The number of hydrogen-bond donors (Lipinski definition) is 0. The molecule has 0 N–H and O–H groups in total. The fourth-order valence-corrected chi connectivity index (χ4v) is 3.10. The van der Waals surface area contributed by atoms with Crippen LogP contribution in [0.2, 0.25) is 0 Å². The Balaban J connectivity index is 1.95. The summed E-state index contributed by atoms with van der Waals surface area (Å²) in [5.74, 6) is 2.88. The fraction of sp³-hybridized carbons (Fsp3) is 0.438. The van der Waals surface area contributed by atoms with Gasteiger partial charge in [-0.3, -0.25) is 9.80 Å². The minimum absolute atomic E-state index is 0.141. The first kappa shape index (κ1) is 12.3. The molecular formula is C16H18N2O. The van der Waals surface area contributed by atoms with E-state index >= 15 is 0 Å². The third kappa shape index (κ3) is 1.84. The molecule has 0 spiro atoms. The van der Waals surface area contributed by atoms with Crippen LogP contribution in [0.4, 0.5) is 0 Å². The predicted octanol–water partition coefficient (Wildman–Crippen LogP) is 2.20. The van der Waals surface area contributed by atoms with Gasteiger partial charge in [0.1, 0.15) is 0 Å². The van der Waals surface area contributed by atoms with Crippen molar-refractivity contribution in [3.63, 3.8) is 0 Å². The van der Waals surface area contributed by atoms with Gasteiger partial charge in [0, 0.05) is 18.7 Å². The minimum atomic E-state index is -0.275. The van der Waals surface area contributed by atoms with Crippen LogP contribution < -0.4 is 0 Å². The molecule has 2 heterocycles. The molecule has 1 amide bonds. The predicted molar refractivity (Wildman–Crippen MR) is 73.9 cm³/mol. The van der Waals surface area contributed by atoms with Gasteiger partial charge in [0.05, 0.1) is 11.5 Å². The van der Waals surface area contributed by atoms with Crippen LogP contribution in [0.3, 0.4) is 0 Å². The number of hydrogen-bond acceptors (Lipinski definition) is 2. The lowest BCUT2D eigenvalue weighted by Gasteiger charge is -2.26. The highest BCUT2D eigenvalue weighted by molar-refractivity contribution is 5.84. The molecule has 2 aliphatic heterocycles. The summed E-state index contributed by atoms with van der Waals surface area (Å²) in [5.41, 5.74) is 1.74. The van der Waals surface area contributed by atoms with Crippen molar-refractivity contribution < 1.29 is 4.79 Å². The molecule has 1 aromatic rings. The zero-order chi connectivity index (χ0) is 13.6. The lowest BCUT2D eigenvalue weighted by molar-refractivity contribution is -0.142. The monoisotopic (exact) mass is 254 g/mol. The average Bonchev–Trinajstić information content (AvgIpc) is 2.89. The molecule has 0 bridgehead atoms. The second-order valence-electron chi connectivity index (χ2n) is 6.00. The summed E-state index contributed by atoms with van der Waals surface area (Å²) in [6.07, 6.45) is 6.44. The van der Waals surface area contributed by atoms with Gasteiger partial charge in [0.2, 0.25) is 5.91 Å². The van der Waals surface area contributed by atoms with Crippen molar-refractivity contribution in [2.75, 3.05) is 13.1 Å². The number of hydrazine groups is 1. The second kappa shape index (κ2) is 4.11. The summed E-state index contributed by atoms with van der Waals surface area (Å²) in [4.78, 5) is 12.5. The summed E-state index contributed by atoms with van der Waals surface area (Å²) < 4.78 is 0. The molecule has 19 heavy (non-hydrogen) atoms. The van der Waals surface area contributed by atoms with Gasteiger partial charge < -0.3 is 0 Å². The molecule has 3 rings (SSSR count). The standard InChI is InChI=1S/C16H18N2O/c1-4-12-6-5-7-13(10-12)14-8-9-17-11-16(2,3)15(19)18(14)17/h1,5-7,10,14H,8-9,11H2,2-3H3. The summed E-state index contributed by atoms with van der Waals surface area (Å²) in [5, 5.41) is 4.12. The molecular weight excluding hydrogens is 236 g/mol.